The van der Waals surface area contributed by atoms with Gasteiger partial charge in [-0.1, -0.05) is 6.07 Å². The van der Waals surface area contributed by atoms with Crippen LogP contribution in [-0.2, 0) is 4.74 Å². The summed E-state index contributed by atoms with van der Waals surface area (Å²) in [6.45, 7) is 3.37. The van der Waals surface area contributed by atoms with Gasteiger partial charge < -0.3 is 19.9 Å². The molecule has 0 radical (unpaired) electrons. The van der Waals surface area contributed by atoms with E-state index < -0.39 is 0 Å². The molecule has 1 aliphatic rings. The minimum Gasteiger partial charge on any atom is -0.493 e. The van der Waals surface area contributed by atoms with Gasteiger partial charge in [0, 0.05) is 12.6 Å². The molecule has 106 valence electrons. The first-order valence-corrected chi connectivity index (χ1v) is 6.88. The third kappa shape index (κ3) is 3.85. The molecule has 2 rings (SSSR count). The predicted octanol–water partition coefficient (Wildman–Crippen LogP) is 2.66. The van der Waals surface area contributed by atoms with Gasteiger partial charge >= 0.3 is 0 Å². The molecule has 0 saturated carbocycles. The Morgan fingerprint density at radius 3 is 2.84 bits per heavy atom. The molecule has 4 heteroatoms. The molecule has 0 aliphatic carbocycles. The largest absolute Gasteiger partial charge is 0.493 e. The molecule has 2 N–H and O–H groups in total. The Kier molecular flexibility index (Phi) is 5.05. The molecule has 1 aromatic rings. The lowest BCUT2D eigenvalue weighted by Crippen LogP contribution is -2.25. The highest BCUT2D eigenvalue weighted by Crippen LogP contribution is 2.30. The molecule has 0 bridgehead atoms. The molecular formula is C15H23NO3. The van der Waals surface area contributed by atoms with E-state index in [-0.39, 0.29) is 12.1 Å². The zero-order valence-corrected chi connectivity index (χ0v) is 11.7. The third-order valence-corrected chi connectivity index (χ3v) is 3.41. The average Bonchev–Trinajstić information content (AvgIpc) is 2.45. The van der Waals surface area contributed by atoms with Gasteiger partial charge in [-0.25, -0.2) is 0 Å². The highest BCUT2D eigenvalue weighted by Gasteiger charge is 2.16. The summed E-state index contributed by atoms with van der Waals surface area (Å²) >= 11 is 0. The van der Waals surface area contributed by atoms with E-state index in [1.54, 1.807) is 7.11 Å². The molecule has 1 unspecified atom stereocenters. The zero-order valence-electron chi connectivity index (χ0n) is 11.7. The van der Waals surface area contributed by atoms with Crippen LogP contribution in [-0.4, -0.2) is 26.4 Å². The lowest BCUT2D eigenvalue weighted by molar-refractivity contribution is -0.0114. The van der Waals surface area contributed by atoms with Crippen molar-refractivity contribution in [3.8, 4) is 11.5 Å². The van der Waals surface area contributed by atoms with Crippen LogP contribution in [0.25, 0.3) is 0 Å². The highest BCUT2D eigenvalue weighted by atomic mass is 16.5. The third-order valence-electron chi connectivity index (χ3n) is 3.41. The number of nitrogens with two attached hydrogens (primary N) is 1. The van der Waals surface area contributed by atoms with Crippen LogP contribution in [0.15, 0.2) is 18.2 Å². The Balaban J connectivity index is 1.98. The predicted molar refractivity (Wildman–Crippen MR) is 74.7 cm³/mol. The van der Waals surface area contributed by atoms with Crippen molar-refractivity contribution in [2.24, 2.45) is 5.73 Å². The molecule has 1 fully saturated rings. The van der Waals surface area contributed by atoms with Crippen LogP contribution in [0.3, 0.4) is 0 Å². The maximum atomic E-state index is 5.86. The molecule has 1 aliphatic heterocycles. The SMILES string of the molecule is COc1cc([C@@H](C)N)ccc1OCC1CCCCO1. The maximum absolute atomic E-state index is 5.86. The van der Waals surface area contributed by atoms with Crippen molar-refractivity contribution < 1.29 is 14.2 Å². The smallest absolute Gasteiger partial charge is 0.161 e. The van der Waals surface area contributed by atoms with Gasteiger partial charge in [0.05, 0.1) is 13.2 Å². The average molecular weight is 265 g/mol. The minimum atomic E-state index is -0.00960. The lowest BCUT2D eigenvalue weighted by Gasteiger charge is -2.23. The topological polar surface area (TPSA) is 53.7 Å². The molecule has 1 saturated heterocycles. The van der Waals surface area contributed by atoms with Crippen molar-refractivity contribution in [2.45, 2.75) is 38.3 Å². The summed E-state index contributed by atoms with van der Waals surface area (Å²) in [4.78, 5) is 0. The summed E-state index contributed by atoms with van der Waals surface area (Å²) in [5, 5.41) is 0. The first kappa shape index (κ1) is 14.2. The van der Waals surface area contributed by atoms with Crippen LogP contribution in [0.1, 0.15) is 37.8 Å². The lowest BCUT2D eigenvalue weighted by atomic mass is 10.1. The van der Waals surface area contributed by atoms with Gasteiger partial charge in [0.25, 0.3) is 0 Å². The molecule has 2 atom stereocenters. The minimum absolute atomic E-state index is 0.00960. The van der Waals surface area contributed by atoms with Crippen LogP contribution in [0.4, 0.5) is 0 Å². The molecule has 0 spiro atoms. The Morgan fingerprint density at radius 2 is 2.21 bits per heavy atom. The molecule has 19 heavy (non-hydrogen) atoms. The molecular weight excluding hydrogens is 242 g/mol. The van der Waals surface area contributed by atoms with Crippen molar-refractivity contribution >= 4 is 0 Å². The fourth-order valence-corrected chi connectivity index (χ4v) is 2.21. The fraction of sp³-hybridized carbons (Fsp3) is 0.600. The summed E-state index contributed by atoms with van der Waals surface area (Å²) in [6.07, 6.45) is 3.64. The van der Waals surface area contributed by atoms with E-state index in [9.17, 15) is 0 Å². The van der Waals surface area contributed by atoms with Gasteiger partial charge in [0.1, 0.15) is 6.61 Å². The molecule has 4 nitrogen and oxygen atoms in total. The number of benzene rings is 1. The van der Waals surface area contributed by atoms with Crippen molar-refractivity contribution in [1.29, 1.82) is 0 Å². The number of ether oxygens (including phenoxy) is 3. The van der Waals surface area contributed by atoms with E-state index in [2.05, 4.69) is 0 Å². The highest BCUT2D eigenvalue weighted by molar-refractivity contribution is 5.43. The van der Waals surface area contributed by atoms with E-state index in [1.165, 1.54) is 6.42 Å². The second-order valence-corrected chi connectivity index (χ2v) is 5.00. The van der Waals surface area contributed by atoms with E-state index in [4.69, 9.17) is 19.9 Å². The fourth-order valence-electron chi connectivity index (χ4n) is 2.21. The van der Waals surface area contributed by atoms with Crippen LogP contribution in [0.5, 0.6) is 11.5 Å². The van der Waals surface area contributed by atoms with Gasteiger partial charge in [-0.2, -0.15) is 0 Å². The van der Waals surface area contributed by atoms with Crippen LogP contribution in [0, 0.1) is 0 Å². The number of rotatable bonds is 5. The van der Waals surface area contributed by atoms with E-state index in [0.717, 1.165) is 36.5 Å². The molecule has 1 heterocycles. The Morgan fingerprint density at radius 1 is 1.37 bits per heavy atom. The summed E-state index contributed by atoms with van der Waals surface area (Å²) in [5.74, 6) is 1.48. The van der Waals surface area contributed by atoms with Crippen LogP contribution < -0.4 is 15.2 Å². The summed E-state index contributed by atoms with van der Waals surface area (Å²) < 4.78 is 16.8. The van der Waals surface area contributed by atoms with Crippen LogP contribution in [0.2, 0.25) is 0 Å². The normalized spacial score (nSPS) is 20.9. The maximum Gasteiger partial charge on any atom is 0.161 e. The van der Waals surface area contributed by atoms with Crippen molar-refractivity contribution in [2.75, 3.05) is 20.3 Å². The second kappa shape index (κ2) is 6.78. The monoisotopic (exact) mass is 265 g/mol. The van der Waals surface area contributed by atoms with Gasteiger partial charge in [-0.15, -0.1) is 0 Å². The van der Waals surface area contributed by atoms with Crippen molar-refractivity contribution in [1.82, 2.24) is 0 Å². The summed E-state index contributed by atoms with van der Waals surface area (Å²) in [5.41, 5.74) is 6.90. The first-order chi connectivity index (χ1) is 9.20. The van der Waals surface area contributed by atoms with E-state index in [1.807, 2.05) is 25.1 Å². The van der Waals surface area contributed by atoms with E-state index >= 15 is 0 Å². The standard InChI is InChI=1S/C15H23NO3/c1-11(16)12-6-7-14(15(9-12)17-2)19-10-13-5-3-4-8-18-13/h6-7,9,11,13H,3-5,8,10,16H2,1-2H3/t11-,13?/m1/s1. The molecule has 1 aromatic carbocycles. The first-order valence-electron chi connectivity index (χ1n) is 6.88. The Bertz CT molecular complexity index is 400. The van der Waals surface area contributed by atoms with Gasteiger partial charge in [0.15, 0.2) is 11.5 Å². The molecule has 0 amide bonds. The Hall–Kier alpha value is -1.26. The summed E-state index contributed by atoms with van der Waals surface area (Å²) in [6, 6.07) is 5.82. The van der Waals surface area contributed by atoms with Gasteiger partial charge in [-0.05, 0) is 43.9 Å². The molecule has 0 aromatic heterocycles. The van der Waals surface area contributed by atoms with Crippen molar-refractivity contribution in [3.05, 3.63) is 23.8 Å². The van der Waals surface area contributed by atoms with Crippen LogP contribution >= 0.6 is 0 Å². The van der Waals surface area contributed by atoms with Gasteiger partial charge in [-0.3, -0.25) is 0 Å². The zero-order chi connectivity index (χ0) is 13.7. The quantitative estimate of drug-likeness (QED) is 0.889. The van der Waals surface area contributed by atoms with Crippen molar-refractivity contribution in [3.63, 3.8) is 0 Å². The van der Waals surface area contributed by atoms with Gasteiger partial charge in [0.2, 0.25) is 0 Å². The second-order valence-electron chi connectivity index (χ2n) is 5.00. The summed E-state index contributed by atoms with van der Waals surface area (Å²) in [7, 11) is 1.64. The number of hydrogen-bond acceptors (Lipinski definition) is 4. The van der Waals surface area contributed by atoms with E-state index in [0.29, 0.717) is 6.61 Å². The number of hydrogen-bond donors (Lipinski definition) is 1. The number of methoxy groups -OCH3 is 1. The Labute approximate surface area is 114 Å².